The monoisotopic (exact) mass is 250 g/mol. The smallest absolute Gasteiger partial charge is 0.252 e. The van der Waals surface area contributed by atoms with Crippen LogP contribution < -0.4 is 5.32 Å². The van der Waals surface area contributed by atoms with Crippen LogP contribution in [-0.4, -0.2) is 36.0 Å². The Hall–Kier alpha value is -0.870. The van der Waals surface area contributed by atoms with Crippen molar-refractivity contribution in [1.82, 2.24) is 10.2 Å². The van der Waals surface area contributed by atoms with E-state index < -0.39 is 0 Å². The lowest BCUT2D eigenvalue weighted by Crippen LogP contribution is -2.45. The molecule has 2 heterocycles. The lowest BCUT2D eigenvalue weighted by molar-refractivity contribution is 0.0909. The fourth-order valence-electron chi connectivity index (χ4n) is 2.51. The minimum atomic E-state index is 0.0936. The van der Waals surface area contributed by atoms with Gasteiger partial charge in [-0.05, 0) is 37.1 Å². The summed E-state index contributed by atoms with van der Waals surface area (Å²) in [6.45, 7) is 2.30. The number of amides is 1. The molecule has 92 valence electrons. The highest BCUT2D eigenvalue weighted by Gasteiger charge is 2.32. The molecule has 0 unspecified atom stereocenters. The molecule has 1 saturated heterocycles. The summed E-state index contributed by atoms with van der Waals surface area (Å²) >= 11 is 1.57. The normalized spacial score (nSPS) is 22.6. The Labute approximate surface area is 106 Å². The number of nitrogens with one attached hydrogen (secondary N) is 1. The van der Waals surface area contributed by atoms with Crippen molar-refractivity contribution in [2.45, 2.75) is 37.8 Å². The van der Waals surface area contributed by atoms with Gasteiger partial charge in [-0.25, -0.2) is 0 Å². The van der Waals surface area contributed by atoms with Crippen LogP contribution in [0.25, 0.3) is 0 Å². The molecule has 1 aromatic heterocycles. The molecular formula is C13H18N2OS. The van der Waals surface area contributed by atoms with Gasteiger partial charge in [-0.1, -0.05) is 0 Å². The maximum Gasteiger partial charge on any atom is 0.252 e. The molecular weight excluding hydrogens is 232 g/mol. The van der Waals surface area contributed by atoms with Crippen molar-refractivity contribution in [3.05, 3.63) is 22.4 Å². The van der Waals surface area contributed by atoms with Crippen LogP contribution in [-0.2, 0) is 0 Å². The molecule has 0 radical (unpaired) electrons. The van der Waals surface area contributed by atoms with Crippen molar-refractivity contribution in [3.8, 4) is 0 Å². The summed E-state index contributed by atoms with van der Waals surface area (Å²) in [5.41, 5.74) is 0.805. The van der Waals surface area contributed by atoms with Crippen LogP contribution in [0.4, 0.5) is 0 Å². The zero-order chi connectivity index (χ0) is 11.7. The number of nitrogens with zero attached hydrogens (tertiary/aromatic N) is 1. The average Bonchev–Trinajstić information content (AvgIpc) is 3.05. The molecule has 0 bridgehead atoms. The second-order valence-corrected chi connectivity index (χ2v) is 5.81. The number of carbonyl (C=O) groups is 1. The van der Waals surface area contributed by atoms with E-state index in [-0.39, 0.29) is 5.91 Å². The SMILES string of the molecule is O=C(NC1CCN(C2CC2)CC1)c1ccsc1. The molecule has 1 amide bonds. The van der Waals surface area contributed by atoms with E-state index in [1.807, 2.05) is 16.8 Å². The average molecular weight is 250 g/mol. The van der Waals surface area contributed by atoms with Gasteiger partial charge in [-0.3, -0.25) is 4.79 Å². The standard InChI is InChI=1S/C13H18N2OS/c16-13(10-5-8-17-9-10)14-11-3-6-15(7-4-11)12-1-2-12/h5,8-9,11-12H,1-4,6-7H2,(H,14,16). The molecule has 1 saturated carbocycles. The maximum absolute atomic E-state index is 11.9. The maximum atomic E-state index is 11.9. The number of hydrogen-bond donors (Lipinski definition) is 1. The van der Waals surface area contributed by atoms with E-state index in [4.69, 9.17) is 0 Å². The van der Waals surface area contributed by atoms with Crippen LogP contribution >= 0.6 is 11.3 Å². The molecule has 1 aliphatic heterocycles. The van der Waals surface area contributed by atoms with Crippen molar-refractivity contribution in [3.63, 3.8) is 0 Å². The fourth-order valence-corrected chi connectivity index (χ4v) is 3.15. The van der Waals surface area contributed by atoms with E-state index in [1.165, 1.54) is 12.8 Å². The van der Waals surface area contributed by atoms with Gasteiger partial charge in [0.1, 0.15) is 0 Å². The minimum absolute atomic E-state index is 0.0936. The highest BCUT2D eigenvalue weighted by molar-refractivity contribution is 7.08. The molecule has 3 rings (SSSR count). The van der Waals surface area contributed by atoms with Crippen LogP contribution in [0, 0.1) is 0 Å². The third kappa shape index (κ3) is 2.69. The summed E-state index contributed by atoms with van der Waals surface area (Å²) in [4.78, 5) is 14.5. The third-order valence-electron chi connectivity index (χ3n) is 3.71. The molecule has 0 aromatic carbocycles. The number of likely N-dealkylation sites (tertiary alicyclic amines) is 1. The topological polar surface area (TPSA) is 32.3 Å². The van der Waals surface area contributed by atoms with Gasteiger partial charge >= 0.3 is 0 Å². The molecule has 2 fully saturated rings. The first-order valence-electron chi connectivity index (χ1n) is 6.40. The molecule has 3 nitrogen and oxygen atoms in total. The molecule has 0 spiro atoms. The highest BCUT2D eigenvalue weighted by Crippen LogP contribution is 2.29. The quantitative estimate of drug-likeness (QED) is 0.891. The first kappa shape index (κ1) is 11.2. The van der Waals surface area contributed by atoms with Gasteiger partial charge in [-0.2, -0.15) is 11.3 Å². The Balaban J connectivity index is 1.48. The van der Waals surface area contributed by atoms with Crippen molar-refractivity contribution in [2.75, 3.05) is 13.1 Å². The Morgan fingerprint density at radius 3 is 2.65 bits per heavy atom. The summed E-state index contributed by atoms with van der Waals surface area (Å²) in [6, 6.07) is 3.13. The Morgan fingerprint density at radius 1 is 1.29 bits per heavy atom. The van der Waals surface area contributed by atoms with Crippen molar-refractivity contribution in [2.24, 2.45) is 0 Å². The third-order valence-corrected chi connectivity index (χ3v) is 4.39. The molecule has 2 aliphatic rings. The summed E-state index contributed by atoms with van der Waals surface area (Å²) < 4.78 is 0. The molecule has 1 aromatic rings. The zero-order valence-electron chi connectivity index (χ0n) is 9.89. The van der Waals surface area contributed by atoms with Crippen LogP contribution in [0.1, 0.15) is 36.0 Å². The zero-order valence-corrected chi connectivity index (χ0v) is 10.7. The minimum Gasteiger partial charge on any atom is -0.349 e. The molecule has 1 N–H and O–H groups in total. The summed E-state index contributed by atoms with van der Waals surface area (Å²) in [5, 5.41) is 7.00. The second kappa shape index (κ2) is 4.78. The van der Waals surface area contributed by atoms with Crippen molar-refractivity contribution >= 4 is 17.2 Å². The van der Waals surface area contributed by atoms with Crippen LogP contribution in [0.5, 0.6) is 0 Å². The molecule has 17 heavy (non-hydrogen) atoms. The van der Waals surface area contributed by atoms with E-state index in [0.29, 0.717) is 6.04 Å². The summed E-state index contributed by atoms with van der Waals surface area (Å²) in [5.74, 6) is 0.0936. The predicted octanol–water partition coefficient (Wildman–Crippen LogP) is 2.10. The van der Waals surface area contributed by atoms with E-state index in [1.54, 1.807) is 11.3 Å². The Morgan fingerprint density at radius 2 is 2.06 bits per heavy atom. The van der Waals surface area contributed by atoms with Gasteiger partial charge in [0.2, 0.25) is 0 Å². The molecule has 1 aliphatic carbocycles. The number of hydrogen-bond acceptors (Lipinski definition) is 3. The number of piperidine rings is 1. The van der Waals surface area contributed by atoms with Gasteiger partial charge in [0.25, 0.3) is 5.91 Å². The largest absolute Gasteiger partial charge is 0.349 e. The highest BCUT2D eigenvalue weighted by atomic mass is 32.1. The van der Waals surface area contributed by atoms with Crippen molar-refractivity contribution in [1.29, 1.82) is 0 Å². The molecule has 0 atom stereocenters. The number of carbonyl (C=O) groups excluding carboxylic acids is 1. The van der Waals surface area contributed by atoms with E-state index in [0.717, 1.165) is 37.5 Å². The van der Waals surface area contributed by atoms with E-state index in [2.05, 4.69) is 10.2 Å². The van der Waals surface area contributed by atoms with Gasteiger partial charge < -0.3 is 10.2 Å². The Bertz CT molecular complexity index is 378. The van der Waals surface area contributed by atoms with Crippen LogP contribution in [0.15, 0.2) is 16.8 Å². The van der Waals surface area contributed by atoms with Gasteiger partial charge in [0, 0.05) is 36.1 Å². The summed E-state index contributed by atoms with van der Waals surface area (Å²) in [6.07, 6.45) is 4.97. The fraction of sp³-hybridized carbons (Fsp3) is 0.615. The van der Waals surface area contributed by atoms with E-state index in [9.17, 15) is 4.79 Å². The Kier molecular flexibility index (Phi) is 3.16. The van der Waals surface area contributed by atoms with Gasteiger partial charge in [-0.15, -0.1) is 0 Å². The first-order valence-corrected chi connectivity index (χ1v) is 7.34. The van der Waals surface area contributed by atoms with E-state index >= 15 is 0 Å². The lowest BCUT2D eigenvalue weighted by atomic mass is 10.0. The summed E-state index contributed by atoms with van der Waals surface area (Å²) in [7, 11) is 0. The first-order chi connectivity index (χ1) is 8.33. The molecule has 4 heteroatoms. The lowest BCUT2D eigenvalue weighted by Gasteiger charge is -2.32. The van der Waals surface area contributed by atoms with Gasteiger partial charge in [0.15, 0.2) is 0 Å². The number of thiophene rings is 1. The number of rotatable bonds is 3. The van der Waals surface area contributed by atoms with Crippen LogP contribution in [0.2, 0.25) is 0 Å². The predicted molar refractivity (Wildman–Crippen MR) is 69.4 cm³/mol. The van der Waals surface area contributed by atoms with Gasteiger partial charge in [0.05, 0.1) is 0 Å². The van der Waals surface area contributed by atoms with Crippen molar-refractivity contribution < 1.29 is 4.79 Å². The van der Waals surface area contributed by atoms with Crippen LogP contribution in [0.3, 0.4) is 0 Å². The second-order valence-electron chi connectivity index (χ2n) is 5.03.